The normalized spacial score (nSPS) is 9.67. The summed E-state index contributed by atoms with van der Waals surface area (Å²) >= 11 is 0. The zero-order valence-corrected chi connectivity index (χ0v) is 8.86. The monoisotopic (exact) mass is 205 g/mol. The Morgan fingerprint density at radius 2 is 2.20 bits per heavy atom. The van der Waals surface area contributed by atoms with E-state index in [1.807, 2.05) is 0 Å². The van der Waals surface area contributed by atoms with Gasteiger partial charge in [-0.05, 0) is 24.5 Å². The molecular formula is C11H15N3O. The SMILES string of the molecule is C=CC(=O)Nc1ncc(CCCC)cn1. The topological polar surface area (TPSA) is 54.9 Å². The van der Waals surface area contributed by atoms with Crippen LogP contribution in [0, 0.1) is 0 Å². The predicted octanol–water partition coefficient (Wildman–Crippen LogP) is 1.94. The van der Waals surface area contributed by atoms with Crippen LogP contribution >= 0.6 is 0 Å². The lowest BCUT2D eigenvalue weighted by atomic mass is 10.2. The second-order valence-electron chi connectivity index (χ2n) is 3.21. The summed E-state index contributed by atoms with van der Waals surface area (Å²) in [6.45, 7) is 5.49. The number of unbranched alkanes of at least 4 members (excludes halogenated alkanes) is 1. The lowest BCUT2D eigenvalue weighted by Gasteiger charge is -2.01. The van der Waals surface area contributed by atoms with Crippen LogP contribution < -0.4 is 5.32 Å². The van der Waals surface area contributed by atoms with Crippen molar-refractivity contribution in [1.82, 2.24) is 9.97 Å². The maximum absolute atomic E-state index is 10.9. The molecule has 0 spiro atoms. The summed E-state index contributed by atoms with van der Waals surface area (Å²) < 4.78 is 0. The Hall–Kier alpha value is -1.71. The average Bonchev–Trinajstić information content (AvgIpc) is 2.28. The zero-order valence-electron chi connectivity index (χ0n) is 8.86. The Morgan fingerprint density at radius 3 is 2.73 bits per heavy atom. The van der Waals surface area contributed by atoms with Gasteiger partial charge in [0.1, 0.15) is 0 Å². The van der Waals surface area contributed by atoms with E-state index in [2.05, 4.69) is 28.8 Å². The fraction of sp³-hybridized carbons (Fsp3) is 0.364. The number of carbonyl (C=O) groups excluding carboxylic acids is 1. The highest BCUT2D eigenvalue weighted by Gasteiger charge is 1.99. The number of anilines is 1. The van der Waals surface area contributed by atoms with Crippen LogP contribution in [0.15, 0.2) is 25.0 Å². The molecule has 0 aliphatic carbocycles. The average molecular weight is 205 g/mol. The largest absolute Gasteiger partial charge is 0.291 e. The molecule has 80 valence electrons. The number of hydrogen-bond acceptors (Lipinski definition) is 3. The van der Waals surface area contributed by atoms with Gasteiger partial charge in [-0.15, -0.1) is 0 Å². The fourth-order valence-electron chi connectivity index (χ4n) is 1.09. The highest BCUT2D eigenvalue weighted by molar-refractivity contribution is 5.97. The van der Waals surface area contributed by atoms with Crippen molar-refractivity contribution < 1.29 is 4.79 Å². The van der Waals surface area contributed by atoms with Crippen molar-refractivity contribution in [3.63, 3.8) is 0 Å². The third kappa shape index (κ3) is 3.89. The van der Waals surface area contributed by atoms with Crippen LogP contribution in [-0.4, -0.2) is 15.9 Å². The standard InChI is InChI=1S/C11H15N3O/c1-3-5-6-9-7-12-11(13-8-9)14-10(15)4-2/h4,7-8H,2-3,5-6H2,1H3,(H,12,13,14,15). The lowest BCUT2D eigenvalue weighted by molar-refractivity contribution is -0.111. The molecule has 4 nitrogen and oxygen atoms in total. The van der Waals surface area contributed by atoms with Gasteiger partial charge in [-0.25, -0.2) is 9.97 Å². The molecule has 0 atom stereocenters. The highest BCUT2D eigenvalue weighted by Crippen LogP contribution is 2.04. The quantitative estimate of drug-likeness (QED) is 0.747. The van der Waals surface area contributed by atoms with Gasteiger partial charge in [-0.2, -0.15) is 0 Å². The molecule has 1 aromatic heterocycles. The molecule has 4 heteroatoms. The smallest absolute Gasteiger partial charge is 0.250 e. The van der Waals surface area contributed by atoms with Gasteiger partial charge < -0.3 is 0 Å². The molecule has 0 radical (unpaired) electrons. The van der Waals surface area contributed by atoms with Gasteiger partial charge in [0, 0.05) is 12.4 Å². The molecule has 0 bridgehead atoms. The molecule has 1 N–H and O–H groups in total. The Balaban J connectivity index is 2.55. The van der Waals surface area contributed by atoms with Crippen molar-refractivity contribution >= 4 is 11.9 Å². The summed E-state index contributed by atoms with van der Waals surface area (Å²) in [4.78, 5) is 19.0. The van der Waals surface area contributed by atoms with Gasteiger partial charge in [-0.3, -0.25) is 10.1 Å². The lowest BCUT2D eigenvalue weighted by Crippen LogP contribution is -2.10. The Bertz CT molecular complexity index is 332. The maximum atomic E-state index is 10.9. The van der Waals surface area contributed by atoms with E-state index >= 15 is 0 Å². The Morgan fingerprint density at radius 1 is 1.53 bits per heavy atom. The predicted molar refractivity (Wildman–Crippen MR) is 59.5 cm³/mol. The van der Waals surface area contributed by atoms with Gasteiger partial charge >= 0.3 is 0 Å². The molecule has 0 saturated heterocycles. The van der Waals surface area contributed by atoms with E-state index in [4.69, 9.17) is 0 Å². The van der Waals surface area contributed by atoms with Crippen molar-refractivity contribution in [2.45, 2.75) is 26.2 Å². The summed E-state index contributed by atoms with van der Waals surface area (Å²) in [5, 5.41) is 2.50. The van der Waals surface area contributed by atoms with E-state index in [0.29, 0.717) is 5.95 Å². The first-order valence-electron chi connectivity index (χ1n) is 5.00. The van der Waals surface area contributed by atoms with E-state index < -0.39 is 0 Å². The molecule has 1 rings (SSSR count). The summed E-state index contributed by atoms with van der Waals surface area (Å²) in [6.07, 6.45) is 7.92. The van der Waals surface area contributed by atoms with E-state index in [-0.39, 0.29) is 5.91 Å². The first-order chi connectivity index (χ1) is 7.26. The summed E-state index contributed by atoms with van der Waals surface area (Å²) in [5.41, 5.74) is 1.09. The van der Waals surface area contributed by atoms with Crippen LogP contribution in [0.3, 0.4) is 0 Å². The molecular weight excluding hydrogens is 190 g/mol. The molecule has 1 amide bonds. The minimum absolute atomic E-state index is 0.295. The van der Waals surface area contributed by atoms with Gasteiger partial charge in [-0.1, -0.05) is 19.9 Å². The number of nitrogens with zero attached hydrogens (tertiary/aromatic N) is 2. The molecule has 0 unspecified atom stereocenters. The molecule has 1 aromatic rings. The minimum Gasteiger partial charge on any atom is -0.291 e. The second-order valence-corrected chi connectivity index (χ2v) is 3.21. The van der Waals surface area contributed by atoms with E-state index in [1.165, 1.54) is 6.08 Å². The number of hydrogen-bond donors (Lipinski definition) is 1. The number of amides is 1. The number of nitrogens with one attached hydrogen (secondary N) is 1. The number of aryl methyl sites for hydroxylation is 1. The van der Waals surface area contributed by atoms with Gasteiger partial charge in [0.15, 0.2) is 0 Å². The zero-order chi connectivity index (χ0) is 11.1. The van der Waals surface area contributed by atoms with Crippen molar-refractivity contribution in [2.24, 2.45) is 0 Å². The van der Waals surface area contributed by atoms with Gasteiger partial charge in [0.05, 0.1) is 0 Å². The molecule has 0 saturated carbocycles. The van der Waals surface area contributed by atoms with E-state index in [1.54, 1.807) is 12.4 Å². The van der Waals surface area contributed by atoms with Crippen molar-refractivity contribution in [3.8, 4) is 0 Å². The summed E-state index contributed by atoms with van der Waals surface area (Å²) in [5.74, 6) is 0.0245. The summed E-state index contributed by atoms with van der Waals surface area (Å²) in [6, 6.07) is 0. The third-order valence-corrected chi connectivity index (χ3v) is 1.94. The van der Waals surface area contributed by atoms with Crippen LogP contribution in [0.4, 0.5) is 5.95 Å². The van der Waals surface area contributed by atoms with Crippen molar-refractivity contribution in [1.29, 1.82) is 0 Å². The van der Waals surface area contributed by atoms with Gasteiger partial charge in [0.2, 0.25) is 11.9 Å². The van der Waals surface area contributed by atoms with E-state index in [0.717, 1.165) is 24.8 Å². The van der Waals surface area contributed by atoms with Gasteiger partial charge in [0.25, 0.3) is 0 Å². The summed E-state index contributed by atoms with van der Waals surface area (Å²) in [7, 11) is 0. The van der Waals surface area contributed by atoms with Crippen molar-refractivity contribution in [2.75, 3.05) is 5.32 Å². The number of aromatic nitrogens is 2. The first-order valence-corrected chi connectivity index (χ1v) is 5.00. The maximum Gasteiger partial charge on any atom is 0.250 e. The Kier molecular flexibility index (Phi) is 4.47. The number of rotatable bonds is 5. The fourth-order valence-corrected chi connectivity index (χ4v) is 1.09. The molecule has 0 aliphatic rings. The van der Waals surface area contributed by atoms with Crippen LogP contribution in [-0.2, 0) is 11.2 Å². The first kappa shape index (κ1) is 11.4. The molecule has 0 aliphatic heterocycles. The number of carbonyl (C=O) groups is 1. The molecule has 0 aromatic carbocycles. The van der Waals surface area contributed by atoms with Crippen LogP contribution in [0.25, 0.3) is 0 Å². The molecule has 0 fully saturated rings. The van der Waals surface area contributed by atoms with Crippen LogP contribution in [0.1, 0.15) is 25.3 Å². The molecule has 1 heterocycles. The Labute approximate surface area is 89.4 Å². The van der Waals surface area contributed by atoms with Crippen LogP contribution in [0.5, 0.6) is 0 Å². The minimum atomic E-state index is -0.295. The second kappa shape index (κ2) is 5.90. The molecule has 15 heavy (non-hydrogen) atoms. The van der Waals surface area contributed by atoms with Crippen molar-refractivity contribution in [3.05, 3.63) is 30.6 Å². The van der Waals surface area contributed by atoms with E-state index in [9.17, 15) is 4.79 Å². The van der Waals surface area contributed by atoms with Crippen LogP contribution in [0.2, 0.25) is 0 Å². The third-order valence-electron chi connectivity index (χ3n) is 1.94. The highest BCUT2D eigenvalue weighted by atomic mass is 16.1.